The van der Waals surface area contributed by atoms with Crippen LogP contribution in [0.15, 0.2) is 18.2 Å². The molecule has 0 amide bonds. The third-order valence-corrected chi connectivity index (χ3v) is 3.12. The highest BCUT2D eigenvalue weighted by molar-refractivity contribution is 6.33. The Morgan fingerprint density at radius 1 is 1.39 bits per heavy atom. The summed E-state index contributed by atoms with van der Waals surface area (Å²) in [5.41, 5.74) is 1.47. The fraction of sp³-hybridized carbons (Fsp3) is 0.500. The molecule has 1 atom stereocenters. The number of benzene rings is 1. The van der Waals surface area contributed by atoms with Gasteiger partial charge in [0, 0.05) is 12.6 Å². The fourth-order valence-corrected chi connectivity index (χ4v) is 1.95. The molecule has 0 aliphatic heterocycles. The summed E-state index contributed by atoms with van der Waals surface area (Å²) in [6.45, 7) is 5.30. The zero-order valence-electron chi connectivity index (χ0n) is 11.4. The number of hydrogen-bond donors (Lipinski definition) is 1. The molecule has 0 bridgehead atoms. The van der Waals surface area contributed by atoms with Crippen molar-refractivity contribution in [3.05, 3.63) is 28.8 Å². The molecule has 1 unspecified atom stereocenters. The molecule has 18 heavy (non-hydrogen) atoms. The number of likely N-dealkylation sites (N-methyl/N-ethyl adjacent to an activating group) is 1. The third-order valence-electron chi connectivity index (χ3n) is 2.81. The van der Waals surface area contributed by atoms with Gasteiger partial charge in [0.05, 0.1) is 22.3 Å². The number of anilines is 1. The fourth-order valence-electron chi connectivity index (χ4n) is 1.72. The second-order valence-corrected chi connectivity index (χ2v) is 5.47. The number of rotatable bonds is 5. The number of nitrogens with zero attached hydrogens (tertiary/aromatic N) is 2. The standard InChI is InChI=1S/C14H20ClN3/c1-10(2)14(9-18(3)4)17-13-6-5-11(8-16)7-12(13)15/h5-7,10,14,17H,9H2,1-4H3. The van der Waals surface area contributed by atoms with Gasteiger partial charge in [-0.15, -0.1) is 0 Å². The SMILES string of the molecule is CC(C)C(CN(C)C)Nc1ccc(C#N)cc1Cl. The van der Waals surface area contributed by atoms with E-state index in [4.69, 9.17) is 16.9 Å². The lowest BCUT2D eigenvalue weighted by molar-refractivity contribution is 0.344. The molecule has 0 spiro atoms. The molecule has 0 aliphatic rings. The maximum Gasteiger partial charge on any atom is 0.0992 e. The van der Waals surface area contributed by atoms with Crippen LogP contribution in [0.1, 0.15) is 19.4 Å². The maximum absolute atomic E-state index is 8.81. The zero-order valence-corrected chi connectivity index (χ0v) is 12.1. The van der Waals surface area contributed by atoms with Crippen LogP contribution in [0, 0.1) is 17.2 Å². The lowest BCUT2D eigenvalue weighted by Crippen LogP contribution is -2.36. The predicted octanol–water partition coefficient (Wildman–Crippen LogP) is 3.21. The molecule has 1 N–H and O–H groups in total. The molecule has 0 aromatic heterocycles. The monoisotopic (exact) mass is 265 g/mol. The molecule has 1 aromatic carbocycles. The van der Waals surface area contributed by atoms with Gasteiger partial charge in [0.2, 0.25) is 0 Å². The van der Waals surface area contributed by atoms with Crippen molar-refractivity contribution in [3.63, 3.8) is 0 Å². The highest BCUT2D eigenvalue weighted by Gasteiger charge is 2.15. The van der Waals surface area contributed by atoms with E-state index >= 15 is 0 Å². The number of nitriles is 1. The van der Waals surface area contributed by atoms with Gasteiger partial charge in [0.1, 0.15) is 0 Å². The van der Waals surface area contributed by atoms with Gasteiger partial charge in [-0.3, -0.25) is 0 Å². The van der Waals surface area contributed by atoms with Crippen LogP contribution in [0.2, 0.25) is 5.02 Å². The maximum atomic E-state index is 8.81. The van der Waals surface area contributed by atoms with Crippen LogP contribution in [-0.4, -0.2) is 31.6 Å². The van der Waals surface area contributed by atoms with E-state index in [1.165, 1.54) is 0 Å². The van der Waals surface area contributed by atoms with Crippen LogP contribution in [0.3, 0.4) is 0 Å². The van der Waals surface area contributed by atoms with Gasteiger partial charge in [0.15, 0.2) is 0 Å². The molecule has 0 saturated heterocycles. The van der Waals surface area contributed by atoms with Gasteiger partial charge < -0.3 is 10.2 Å². The minimum Gasteiger partial charge on any atom is -0.380 e. The largest absolute Gasteiger partial charge is 0.380 e. The first kappa shape index (κ1) is 14.8. The summed E-state index contributed by atoms with van der Waals surface area (Å²) in [5.74, 6) is 0.499. The second kappa shape index (κ2) is 6.63. The molecule has 98 valence electrons. The minimum atomic E-state index is 0.324. The molecule has 1 aromatic rings. The van der Waals surface area contributed by atoms with E-state index < -0.39 is 0 Å². The summed E-state index contributed by atoms with van der Waals surface area (Å²) < 4.78 is 0. The molecule has 0 radical (unpaired) electrons. The Morgan fingerprint density at radius 3 is 2.50 bits per heavy atom. The summed E-state index contributed by atoms with van der Waals surface area (Å²) in [6.07, 6.45) is 0. The van der Waals surface area contributed by atoms with Crippen molar-refractivity contribution in [2.75, 3.05) is 26.0 Å². The topological polar surface area (TPSA) is 39.1 Å². The highest BCUT2D eigenvalue weighted by atomic mass is 35.5. The van der Waals surface area contributed by atoms with E-state index in [1.807, 2.05) is 6.07 Å². The Hall–Kier alpha value is -1.24. The van der Waals surface area contributed by atoms with Crippen LogP contribution >= 0.6 is 11.6 Å². The molecule has 1 rings (SSSR count). The summed E-state index contributed by atoms with van der Waals surface area (Å²) in [4.78, 5) is 2.15. The van der Waals surface area contributed by atoms with E-state index in [1.54, 1.807) is 12.1 Å². The van der Waals surface area contributed by atoms with E-state index in [0.717, 1.165) is 12.2 Å². The van der Waals surface area contributed by atoms with E-state index in [9.17, 15) is 0 Å². The first-order valence-electron chi connectivity index (χ1n) is 6.05. The lowest BCUT2D eigenvalue weighted by atomic mass is 10.0. The van der Waals surface area contributed by atoms with E-state index in [-0.39, 0.29) is 0 Å². The van der Waals surface area contributed by atoms with E-state index in [2.05, 4.69) is 44.2 Å². The molecular formula is C14H20ClN3. The number of halogens is 1. The van der Waals surface area contributed by atoms with Gasteiger partial charge in [-0.1, -0.05) is 25.4 Å². The Morgan fingerprint density at radius 2 is 2.06 bits per heavy atom. The molecule has 3 nitrogen and oxygen atoms in total. The molecular weight excluding hydrogens is 246 g/mol. The van der Waals surface area contributed by atoms with Crippen molar-refractivity contribution in [2.45, 2.75) is 19.9 Å². The van der Waals surface area contributed by atoms with E-state index in [0.29, 0.717) is 22.5 Å². The van der Waals surface area contributed by atoms with Gasteiger partial charge in [-0.25, -0.2) is 0 Å². The van der Waals surface area contributed by atoms with Crippen LogP contribution in [0.4, 0.5) is 5.69 Å². The Bertz CT molecular complexity index is 435. The second-order valence-electron chi connectivity index (χ2n) is 5.06. The van der Waals surface area contributed by atoms with Crippen molar-refractivity contribution in [3.8, 4) is 6.07 Å². The first-order chi connectivity index (χ1) is 8.43. The Labute approximate surface area is 114 Å². The lowest BCUT2D eigenvalue weighted by Gasteiger charge is -2.27. The predicted molar refractivity (Wildman–Crippen MR) is 77.0 cm³/mol. The van der Waals surface area contributed by atoms with Gasteiger partial charge in [-0.2, -0.15) is 5.26 Å². The van der Waals surface area contributed by atoms with Gasteiger partial charge in [-0.05, 0) is 38.2 Å². The zero-order chi connectivity index (χ0) is 13.7. The van der Waals surface area contributed by atoms with Crippen molar-refractivity contribution in [2.24, 2.45) is 5.92 Å². The van der Waals surface area contributed by atoms with Crippen molar-refractivity contribution in [1.82, 2.24) is 4.90 Å². The summed E-state index contributed by atoms with van der Waals surface area (Å²) >= 11 is 6.17. The highest BCUT2D eigenvalue weighted by Crippen LogP contribution is 2.24. The van der Waals surface area contributed by atoms with Crippen LogP contribution < -0.4 is 5.32 Å². The van der Waals surface area contributed by atoms with Crippen LogP contribution in [0.5, 0.6) is 0 Å². The molecule has 0 saturated carbocycles. The Kier molecular flexibility index (Phi) is 5.46. The molecule has 4 heteroatoms. The quantitative estimate of drug-likeness (QED) is 0.889. The summed E-state index contributed by atoms with van der Waals surface area (Å²) in [7, 11) is 4.11. The molecule has 0 fully saturated rings. The smallest absolute Gasteiger partial charge is 0.0992 e. The van der Waals surface area contributed by atoms with Gasteiger partial charge in [0.25, 0.3) is 0 Å². The van der Waals surface area contributed by atoms with Crippen molar-refractivity contribution in [1.29, 1.82) is 5.26 Å². The third kappa shape index (κ3) is 4.21. The van der Waals surface area contributed by atoms with Crippen molar-refractivity contribution < 1.29 is 0 Å². The number of nitrogens with one attached hydrogen (secondary N) is 1. The number of hydrogen-bond acceptors (Lipinski definition) is 3. The minimum absolute atomic E-state index is 0.324. The summed E-state index contributed by atoms with van der Waals surface area (Å²) in [5, 5.41) is 12.8. The average Bonchev–Trinajstić information content (AvgIpc) is 2.29. The molecule has 0 heterocycles. The van der Waals surface area contributed by atoms with Gasteiger partial charge >= 0.3 is 0 Å². The van der Waals surface area contributed by atoms with Crippen molar-refractivity contribution >= 4 is 17.3 Å². The summed E-state index contributed by atoms with van der Waals surface area (Å²) in [6, 6.07) is 7.74. The normalized spacial score (nSPS) is 12.6. The first-order valence-corrected chi connectivity index (χ1v) is 6.42. The molecule has 0 aliphatic carbocycles. The van der Waals surface area contributed by atoms with Crippen LogP contribution in [-0.2, 0) is 0 Å². The van der Waals surface area contributed by atoms with Crippen LogP contribution in [0.25, 0.3) is 0 Å². The average molecular weight is 266 g/mol. The Balaban J connectivity index is 2.84.